The number of amides is 2. The van der Waals surface area contributed by atoms with Gasteiger partial charge in [-0.05, 0) is 24.6 Å². The van der Waals surface area contributed by atoms with Gasteiger partial charge in [-0.3, -0.25) is 9.59 Å². The molecule has 1 heterocycles. The maximum atomic E-state index is 11.4. The van der Waals surface area contributed by atoms with Crippen molar-refractivity contribution in [2.45, 2.75) is 6.92 Å². The summed E-state index contributed by atoms with van der Waals surface area (Å²) in [4.78, 5) is 26.9. The quantitative estimate of drug-likeness (QED) is 0.871. The molecule has 0 saturated carbocycles. The molecular weight excluding hydrogens is 250 g/mol. The number of benzene rings is 1. The summed E-state index contributed by atoms with van der Waals surface area (Å²) in [6, 6.07) is 3.26. The summed E-state index contributed by atoms with van der Waals surface area (Å²) in [7, 11) is 0. The Kier molecular flexibility index (Phi) is 3.12. The minimum absolute atomic E-state index is 0.288. The van der Waals surface area contributed by atoms with Crippen LogP contribution in [0.2, 0.25) is 0 Å². The first-order valence-electron chi connectivity index (χ1n) is 5.15. The highest BCUT2D eigenvalue weighted by Crippen LogP contribution is 2.26. The van der Waals surface area contributed by atoms with Crippen LogP contribution in [0.15, 0.2) is 23.7 Å². The molecule has 0 radical (unpaired) electrons. The largest absolute Gasteiger partial charge is 0.366 e. The average molecular weight is 261 g/mol. The van der Waals surface area contributed by atoms with Gasteiger partial charge in [0.1, 0.15) is 5.01 Å². The van der Waals surface area contributed by atoms with E-state index < -0.39 is 11.8 Å². The van der Waals surface area contributed by atoms with Gasteiger partial charge >= 0.3 is 0 Å². The number of primary amides is 2. The number of thiazole rings is 1. The van der Waals surface area contributed by atoms with Crippen LogP contribution in [0.3, 0.4) is 0 Å². The van der Waals surface area contributed by atoms with Crippen molar-refractivity contribution < 1.29 is 9.59 Å². The van der Waals surface area contributed by atoms with Crippen LogP contribution in [-0.2, 0) is 0 Å². The topological polar surface area (TPSA) is 99.1 Å². The molecule has 92 valence electrons. The molecule has 0 fully saturated rings. The van der Waals surface area contributed by atoms with Gasteiger partial charge in [0.05, 0.1) is 0 Å². The fraction of sp³-hybridized carbons (Fsp3) is 0.0833. The van der Waals surface area contributed by atoms with E-state index >= 15 is 0 Å². The smallest absolute Gasteiger partial charge is 0.249 e. The van der Waals surface area contributed by atoms with Crippen LogP contribution in [0.1, 0.15) is 26.3 Å². The normalized spacial score (nSPS) is 10.3. The number of aromatic nitrogens is 1. The van der Waals surface area contributed by atoms with Crippen molar-refractivity contribution in [1.29, 1.82) is 0 Å². The van der Waals surface area contributed by atoms with Crippen LogP contribution in [0.25, 0.3) is 10.6 Å². The van der Waals surface area contributed by atoms with E-state index in [9.17, 15) is 9.59 Å². The maximum Gasteiger partial charge on any atom is 0.249 e. The number of nitrogens with zero attached hydrogens (tertiary/aromatic N) is 1. The number of carbonyl (C=O) groups is 2. The Bertz CT molecular complexity index is 585. The summed E-state index contributed by atoms with van der Waals surface area (Å²) < 4.78 is 0. The summed E-state index contributed by atoms with van der Waals surface area (Å²) in [5.41, 5.74) is 12.3. The molecule has 6 heteroatoms. The molecule has 4 N–H and O–H groups in total. The zero-order valence-electron chi connectivity index (χ0n) is 9.64. The monoisotopic (exact) mass is 261 g/mol. The fourth-order valence-electron chi connectivity index (χ4n) is 1.72. The molecule has 18 heavy (non-hydrogen) atoms. The predicted molar refractivity (Wildman–Crippen MR) is 69.3 cm³/mol. The van der Waals surface area contributed by atoms with Gasteiger partial charge in [-0.1, -0.05) is 0 Å². The molecule has 1 aromatic heterocycles. The summed E-state index contributed by atoms with van der Waals surface area (Å²) in [5.74, 6) is -1.18. The Morgan fingerprint density at radius 1 is 1.17 bits per heavy atom. The second-order valence-electron chi connectivity index (χ2n) is 3.76. The number of nitrogens with two attached hydrogens (primary N) is 2. The second-order valence-corrected chi connectivity index (χ2v) is 4.66. The summed E-state index contributed by atoms with van der Waals surface area (Å²) >= 11 is 1.41. The molecular formula is C12H11N3O2S. The lowest BCUT2D eigenvalue weighted by atomic mass is 9.98. The third-order valence-corrected chi connectivity index (χ3v) is 3.44. The molecule has 1 aromatic carbocycles. The summed E-state index contributed by atoms with van der Waals surface area (Å²) in [5, 5.41) is 2.52. The molecule has 0 atom stereocenters. The van der Waals surface area contributed by atoms with Gasteiger partial charge in [-0.25, -0.2) is 4.98 Å². The van der Waals surface area contributed by atoms with E-state index in [1.807, 2.05) is 5.38 Å². The third-order valence-electron chi connectivity index (χ3n) is 2.62. The van der Waals surface area contributed by atoms with E-state index in [-0.39, 0.29) is 11.1 Å². The van der Waals surface area contributed by atoms with E-state index in [1.54, 1.807) is 25.3 Å². The average Bonchev–Trinajstić information content (AvgIpc) is 2.82. The Morgan fingerprint density at radius 3 is 2.11 bits per heavy atom. The third kappa shape index (κ3) is 2.10. The lowest BCUT2D eigenvalue weighted by molar-refractivity contribution is 0.0999. The highest BCUT2D eigenvalue weighted by molar-refractivity contribution is 7.13. The molecule has 0 saturated heterocycles. The Hall–Kier alpha value is -2.21. The van der Waals surface area contributed by atoms with Crippen molar-refractivity contribution in [3.05, 3.63) is 40.4 Å². The summed E-state index contributed by atoms with van der Waals surface area (Å²) in [6.07, 6.45) is 1.65. The van der Waals surface area contributed by atoms with E-state index in [2.05, 4.69) is 4.98 Å². The van der Waals surface area contributed by atoms with Gasteiger partial charge < -0.3 is 11.5 Å². The fourth-order valence-corrected chi connectivity index (χ4v) is 2.34. The molecule has 0 aliphatic heterocycles. The molecule has 5 nitrogen and oxygen atoms in total. The molecule has 2 aromatic rings. The van der Waals surface area contributed by atoms with Crippen LogP contribution < -0.4 is 11.5 Å². The minimum Gasteiger partial charge on any atom is -0.366 e. The van der Waals surface area contributed by atoms with Crippen molar-refractivity contribution >= 4 is 23.2 Å². The maximum absolute atomic E-state index is 11.4. The van der Waals surface area contributed by atoms with Gasteiger partial charge in [-0.2, -0.15) is 0 Å². The van der Waals surface area contributed by atoms with Crippen molar-refractivity contribution in [1.82, 2.24) is 4.98 Å². The van der Waals surface area contributed by atoms with Crippen molar-refractivity contribution in [2.24, 2.45) is 11.5 Å². The molecule has 2 amide bonds. The van der Waals surface area contributed by atoms with Crippen molar-refractivity contribution in [2.75, 3.05) is 0 Å². The van der Waals surface area contributed by atoms with Gasteiger partial charge in [0.15, 0.2) is 0 Å². The predicted octanol–water partition coefficient (Wildman–Crippen LogP) is 1.32. The van der Waals surface area contributed by atoms with Gasteiger partial charge in [0.25, 0.3) is 0 Å². The van der Waals surface area contributed by atoms with E-state index in [0.717, 1.165) is 0 Å². The van der Waals surface area contributed by atoms with E-state index in [4.69, 9.17) is 11.5 Å². The first kappa shape index (κ1) is 12.3. The lowest BCUT2D eigenvalue weighted by Crippen LogP contribution is -2.18. The molecule has 0 unspecified atom stereocenters. The van der Waals surface area contributed by atoms with Crippen molar-refractivity contribution in [3.8, 4) is 10.6 Å². The first-order chi connectivity index (χ1) is 8.50. The SMILES string of the molecule is Cc1c(C(N)=O)cc(-c2nccs2)cc1C(N)=O. The van der Waals surface area contributed by atoms with E-state index in [0.29, 0.717) is 16.1 Å². The van der Waals surface area contributed by atoms with Crippen LogP contribution in [-0.4, -0.2) is 16.8 Å². The number of hydrogen-bond acceptors (Lipinski definition) is 4. The lowest BCUT2D eigenvalue weighted by Gasteiger charge is -2.09. The highest BCUT2D eigenvalue weighted by Gasteiger charge is 2.16. The Labute approximate surface area is 107 Å². The van der Waals surface area contributed by atoms with Gasteiger partial charge in [0, 0.05) is 28.3 Å². The molecule has 0 bridgehead atoms. The number of hydrogen-bond donors (Lipinski definition) is 2. The highest BCUT2D eigenvalue weighted by atomic mass is 32.1. The second kappa shape index (κ2) is 4.58. The van der Waals surface area contributed by atoms with Gasteiger partial charge in [-0.15, -0.1) is 11.3 Å². The molecule has 0 aliphatic rings. The number of carbonyl (C=O) groups excluding carboxylic acids is 2. The van der Waals surface area contributed by atoms with Crippen LogP contribution in [0.5, 0.6) is 0 Å². The van der Waals surface area contributed by atoms with Crippen molar-refractivity contribution in [3.63, 3.8) is 0 Å². The standard InChI is InChI=1S/C12H11N3O2S/c1-6-8(10(13)16)4-7(5-9(6)11(14)17)12-15-2-3-18-12/h2-5H,1H3,(H2,13,16)(H2,14,17). The zero-order valence-corrected chi connectivity index (χ0v) is 10.5. The van der Waals surface area contributed by atoms with Crippen LogP contribution in [0.4, 0.5) is 0 Å². The summed E-state index contributed by atoms with van der Waals surface area (Å²) in [6.45, 7) is 1.64. The molecule has 2 rings (SSSR count). The van der Waals surface area contributed by atoms with E-state index in [1.165, 1.54) is 11.3 Å². The Balaban J connectivity index is 2.70. The molecule has 0 aliphatic carbocycles. The van der Waals surface area contributed by atoms with Crippen LogP contribution in [0, 0.1) is 6.92 Å². The van der Waals surface area contributed by atoms with Gasteiger partial charge in [0.2, 0.25) is 11.8 Å². The number of rotatable bonds is 3. The zero-order chi connectivity index (χ0) is 13.3. The minimum atomic E-state index is -0.589. The Morgan fingerprint density at radius 2 is 1.72 bits per heavy atom. The molecule has 0 spiro atoms. The first-order valence-corrected chi connectivity index (χ1v) is 6.02. The van der Waals surface area contributed by atoms with Crippen LogP contribution >= 0.6 is 11.3 Å².